The van der Waals surface area contributed by atoms with E-state index in [-0.39, 0.29) is 5.56 Å². The third kappa shape index (κ3) is 5.61. The van der Waals surface area contributed by atoms with Gasteiger partial charge in [0.1, 0.15) is 11.4 Å². The molecule has 0 saturated heterocycles. The molecule has 0 aliphatic rings. The van der Waals surface area contributed by atoms with Crippen LogP contribution in [0.2, 0.25) is 0 Å². The van der Waals surface area contributed by atoms with Crippen molar-refractivity contribution >= 4 is 22.1 Å². The molecule has 15 heavy (non-hydrogen) atoms. The average molecular weight is 238 g/mol. The minimum absolute atomic E-state index is 0.266. The van der Waals surface area contributed by atoms with Crippen LogP contribution in [0.3, 0.4) is 0 Å². The summed E-state index contributed by atoms with van der Waals surface area (Å²) in [5, 5.41) is 3.73. The molecule has 0 spiro atoms. The number of hydrogen-bond acceptors (Lipinski definition) is 5. The number of aryl methyl sites for hydroxylation is 1. The number of amides is 1. The minimum Gasteiger partial charge on any atom is -0.383 e. The molecule has 0 aliphatic heterocycles. The summed E-state index contributed by atoms with van der Waals surface area (Å²) in [6, 6.07) is 0. The second-order valence-electron chi connectivity index (χ2n) is 2.38. The number of rotatable bonds is 1. The lowest BCUT2D eigenvalue weighted by molar-refractivity contribution is 0.100. The van der Waals surface area contributed by atoms with Crippen LogP contribution in [0.25, 0.3) is 0 Å². The predicted octanol–water partition coefficient (Wildman–Crippen LogP) is -1.55. The van der Waals surface area contributed by atoms with E-state index in [0.29, 0.717) is 5.82 Å². The van der Waals surface area contributed by atoms with Gasteiger partial charge in [0.25, 0.3) is 5.91 Å². The molecule has 1 heterocycles. The van der Waals surface area contributed by atoms with Gasteiger partial charge in [-0.25, -0.2) is 0 Å². The summed E-state index contributed by atoms with van der Waals surface area (Å²) in [4.78, 5) is 10.5. The van der Waals surface area contributed by atoms with Crippen molar-refractivity contribution in [2.75, 3.05) is 5.73 Å². The Morgan fingerprint density at radius 3 is 2.07 bits per heavy atom. The van der Waals surface area contributed by atoms with E-state index in [2.05, 4.69) is 5.10 Å². The summed E-state index contributed by atoms with van der Waals surface area (Å²) in [5.74, 6) is -0.252. The van der Waals surface area contributed by atoms with E-state index in [1.54, 1.807) is 7.05 Å². The van der Waals surface area contributed by atoms with E-state index in [1.165, 1.54) is 10.9 Å². The number of primary amides is 1. The van der Waals surface area contributed by atoms with Gasteiger partial charge in [0.05, 0.1) is 6.20 Å². The van der Waals surface area contributed by atoms with Crippen LogP contribution in [0.5, 0.6) is 0 Å². The fraction of sp³-hybridized carbons (Fsp3) is 0.200. The molecule has 0 fully saturated rings. The van der Waals surface area contributed by atoms with Crippen molar-refractivity contribution < 1.29 is 22.3 Å². The van der Waals surface area contributed by atoms with E-state index in [4.69, 9.17) is 29.0 Å². The first-order valence-corrected chi connectivity index (χ1v) is 4.79. The van der Waals surface area contributed by atoms with Crippen molar-refractivity contribution in [3.05, 3.63) is 11.8 Å². The third-order valence-corrected chi connectivity index (χ3v) is 1.25. The fourth-order valence-electron chi connectivity index (χ4n) is 0.637. The Balaban J connectivity index is 0.000000336. The minimum atomic E-state index is -4.67. The molecule has 0 bridgehead atoms. The molecule has 1 amide bonds. The SMILES string of the molecule is Cn1ncc(C(N)=O)c1N.O=S(=O)(O)O. The lowest BCUT2D eigenvalue weighted by atomic mass is 10.3. The van der Waals surface area contributed by atoms with Crippen molar-refractivity contribution in [3.63, 3.8) is 0 Å². The second-order valence-corrected chi connectivity index (χ2v) is 3.27. The maximum absolute atomic E-state index is 10.5. The molecule has 0 saturated carbocycles. The molecular formula is C5H10N4O5S. The number of carbonyl (C=O) groups excluding carboxylic acids is 1. The first-order valence-electron chi connectivity index (χ1n) is 3.40. The van der Waals surface area contributed by atoms with Crippen LogP contribution in [-0.2, 0) is 17.4 Å². The van der Waals surface area contributed by atoms with Crippen LogP contribution in [0, 0.1) is 0 Å². The highest BCUT2D eigenvalue weighted by Crippen LogP contribution is 2.06. The second kappa shape index (κ2) is 4.72. The summed E-state index contributed by atoms with van der Waals surface area (Å²) in [6.45, 7) is 0. The maximum Gasteiger partial charge on any atom is 0.394 e. The first kappa shape index (κ1) is 13.4. The van der Waals surface area contributed by atoms with E-state index in [1.807, 2.05) is 0 Å². The average Bonchev–Trinajstić information content (AvgIpc) is 2.29. The molecule has 1 aromatic heterocycles. The zero-order valence-corrected chi connectivity index (χ0v) is 8.47. The molecule has 0 radical (unpaired) electrons. The molecule has 0 aromatic carbocycles. The monoisotopic (exact) mass is 238 g/mol. The maximum atomic E-state index is 10.5. The molecule has 0 atom stereocenters. The summed E-state index contributed by atoms with van der Waals surface area (Å²) < 4.78 is 33.0. The smallest absolute Gasteiger partial charge is 0.383 e. The van der Waals surface area contributed by atoms with E-state index >= 15 is 0 Å². The standard InChI is InChI=1S/C5H8N4O.H2O4S/c1-9-4(6)3(2-8-9)5(7)10;1-5(2,3)4/h2H,6H2,1H3,(H2,7,10);(H2,1,2,3,4). The number of hydrogen-bond donors (Lipinski definition) is 4. The quantitative estimate of drug-likeness (QED) is 0.430. The first-order chi connectivity index (χ1) is 6.63. The van der Waals surface area contributed by atoms with Crippen molar-refractivity contribution in [2.24, 2.45) is 12.8 Å². The molecule has 10 heteroatoms. The Morgan fingerprint density at radius 2 is 1.93 bits per heavy atom. The number of anilines is 1. The van der Waals surface area contributed by atoms with Gasteiger partial charge in [0, 0.05) is 7.05 Å². The molecule has 0 unspecified atom stereocenters. The molecule has 9 nitrogen and oxygen atoms in total. The van der Waals surface area contributed by atoms with Gasteiger partial charge in [-0.05, 0) is 0 Å². The van der Waals surface area contributed by atoms with Crippen LogP contribution in [0.1, 0.15) is 10.4 Å². The van der Waals surface area contributed by atoms with E-state index < -0.39 is 16.3 Å². The molecule has 1 aromatic rings. The molecule has 0 aliphatic carbocycles. The van der Waals surface area contributed by atoms with Crippen molar-refractivity contribution in [1.82, 2.24) is 9.78 Å². The van der Waals surface area contributed by atoms with Gasteiger partial charge in [-0.3, -0.25) is 18.6 Å². The zero-order chi connectivity index (χ0) is 12.2. The summed E-state index contributed by atoms with van der Waals surface area (Å²) in [5.41, 5.74) is 10.6. The number of aromatic nitrogens is 2. The topological polar surface area (TPSA) is 162 Å². The van der Waals surface area contributed by atoms with Gasteiger partial charge in [-0.15, -0.1) is 0 Å². The van der Waals surface area contributed by atoms with Crippen molar-refractivity contribution in [1.29, 1.82) is 0 Å². The van der Waals surface area contributed by atoms with E-state index in [9.17, 15) is 4.79 Å². The van der Waals surface area contributed by atoms with E-state index in [0.717, 1.165) is 0 Å². The Morgan fingerprint density at radius 1 is 1.53 bits per heavy atom. The lowest BCUT2D eigenvalue weighted by Crippen LogP contribution is -2.12. The lowest BCUT2D eigenvalue weighted by Gasteiger charge is -1.93. The van der Waals surface area contributed by atoms with Crippen LogP contribution in [-0.4, -0.2) is 33.2 Å². The Kier molecular flexibility index (Phi) is 4.21. The normalized spacial score (nSPS) is 10.3. The Labute approximate surface area is 85.2 Å². The van der Waals surface area contributed by atoms with Crippen LogP contribution in [0.4, 0.5) is 5.82 Å². The van der Waals surface area contributed by atoms with Crippen molar-refractivity contribution in [3.8, 4) is 0 Å². The summed E-state index contributed by atoms with van der Waals surface area (Å²) in [7, 11) is -3.03. The number of nitrogen functional groups attached to an aromatic ring is 1. The van der Waals surface area contributed by atoms with Crippen molar-refractivity contribution in [2.45, 2.75) is 0 Å². The third-order valence-electron chi connectivity index (χ3n) is 1.25. The molecule has 1 rings (SSSR count). The van der Waals surface area contributed by atoms with Crippen LogP contribution >= 0.6 is 0 Å². The molecule has 86 valence electrons. The summed E-state index contributed by atoms with van der Waals surface area (Å²) >= 11 is 0. The number of nitrogens with two attached hydrogens (primary N) is 2. The highest BCUT2D eigenvalue weighted by atomic mass is 32.3. The van der Waals surface area contributed by atoms with Gasteiger partial charge < -0.3 is 11.5 Å². The summed E-state index contributed by atoms with van der Waals surface area (Å²) in [6.07, 6.45) is 1.34. The van der Waals surface area contributed by atoms with Gasteiger partial charge >= 0.3 is 10.4 Å². The van der Waals surface area contributed by atoms with Gasteiger partial charge in [0.2, 0.25) is 0 Å². The van der Waals surface area contributed by atoms with Crippen LogP contribution < -0.4 is 11.5 Å². The Bertz CT molecular complexity index is 442. The highest BCUT2D eigenvalue weighted by Gasteiger charge is 2.08. The number of carbonyl (C=O) groups is 1. The highest BCUT2D eigenvalue weighted by molar-refractivity contribution is 7.79. The Hall–Kier alpha value is -1.65. The fourth-order valence-corrected chi connectivity index (χ4v) is 0.637. The van der Waals surface area contributed by atoms with Gasteiger partial charge in [-0.2, -0.15) is 13.5 Å². The largest absolute Gasteiger partial charge is 0.394 e. The predicted molar refractivity (Wildman–Crippen MR) is 50.3 cm³/mol. The number of nitrogens with zero attached hydrogens (tertiary/aromatic N) is 2. The van der Waals surface area contributed by atoms with Gasteiger partial charge in [-0.1, -0.05) is 0 Å². The zero-order valence-electron chi connectivity index (χ0n) is 7.65. The molecular weight excluding hydrogens is 228 g/mol. The van der Waals surface area contributed by atoms with Gasteiger partial charge in [0.15, 0.2) is 0 Å². The molecule has 6 N–H and O–H groups in total. The van der Waals surface area contributed by atoms with Crippen LogP contribution in [0.15, 0.2) is 6.20 Å².